The normalized spacial score (nSPS) is 18.1. The summed E-state index contributed by atoms with van der Waals surface area (Å²) in [5, 5.41) is 3.87. The Bertz CT molecular complexity index is 399. The summed E-state index contributed by atoms with van der Waals surface area (Å²) in [6, 6.07) is 5.23. The van der Waals surface area contributed by atoms with E-state index in [2.05, 4.69) is 17.1 Å². The van der Waals surface area contributed by atoms with Crippen LogP contribution in [-0.4, -0.2) is 31.1 Å². The van der Waals surface area contributed by atoms with Crippen LogP contribution in [0.25, 0.3) is 0 Å². The maximum Gasteiger partial charge on any atom is 0.125 e. The van der Waals surface area contributed by atoms with Crippen molar-refractivity contribution >= 4 is 11.6 Å². The lowest BCUT2D eigenvalue weighted by molar-refractivity contribution is 0.162. The van der Waals surface area contributed by atoms with Gasteiger partial charge in [-0.25, -0.2) is 4.39 Å². The van der Waals surface area contributed by atoms with Crippen molar-refractivity contribution < 1.29 is 4.39 Å². The van der Waals surface area contributed by atoms with Gasteiger partial charge >= 0.3 is 0 Å². The second-order valence-corrected chi connectivity index (χ2v) is 5.94. The van der Waals surface area contributed by atoms with E-state index in [0.29, 0.717) is 5.02 Å². The number of nitrogens with one attached hydrogen (secondary N) is 1. The van der Waals surface area contributed by atoms with E-state index in [-0.39, 0.29) is 11.9 Å². The number of rotatable bonds is 6. The highest BCUT2D eigenvalue weighted by Gasteiger charge is 2.22. The topological polar surface area (TPSA) is 15.3 Å². The smallest absolute Gasteiger partial charge is 0.125 e. The van der Waals surface area contributed by atoms with Gasteiger partial charge in [-0.05, 0) is 30.2 Å². The van der Waals surface area contributed by atoms with Crippen molar-refractivity contribution in [1.82, 2.24) is 10.2 Å². The zero-order valence-corrected chi connectivity index (χ0v) is 12.9. The quantitative estimate of drug-likeness (QED) is 0.799. The molecular formula is C16H24ClFN2. The maximum absolute atomic E-state index is 13.6. The minimum Gasteiger partial charge on any atom is -0.314 e. The summed E-state index contributed by atoms with van der Waals surface area (Å²) in [6.07, 6.45) is 4.69. The van der Waals surface area contributed by atoms with Gasteiger partial charge in [-0.1, -0.05) is 37.8 Å². The van der Waals surface area contributed by atoms with E-state index >= 15 is 0 Å². The van der Waals surface area contributed by atoms with E-state index in [0.717, 1.165) is 38.2 Å². The molecule has 1 aliphatic heterocycles. The summed E-state index contributed by atoms with van der Waals surface area (Å²) < 4.78 is 13.6. The Balaban J connectivity index is 2.15. The fourth-order valence-electron chi connectivity index (χ4n) is 2.91. The number of piperazine rings is 1. The van der Waals surface area contributed by atoms with Crippen molar-refractivity contribution in [2.45, 2.75) is 38.6 Å². The molecule has 2 rings (SSSR count). The Kier molecular flexibility index (Phi) is 6.27. The molecule has 0 bridgehead atoms. The van der Waals surface area contributed by atoms with Crippen LogP contribution in [0.2, 0.25) is 5.02 Å². The largest absolute Gasteiger partial charge is 0.314 e. The number of hydrogen-bond donors (Lipinski definition) is 1. The van der Waals surface area contributed by atoms with Crippen LogP contribution < -0.4 is 5.32 Å². The Hall–Kier alpha value is -0.640. The summed E-state index contributed by atoms with van der Waals surface area (Å²) in [5.41, 5.74) is 1.02. The number of halogens is 2. The molecule has 112 valence electrons. The van der Waals surface area contributed by atoms with Crippen LogP contribution in [0, 0.1) is 5.82 Å². The van der Waals surface area contributed by atoms with Gasteiger partial charge in [0.25, 0.3) is 0 Å². The third-order valence-corrected chi connectivity index (χ3v) is 4.16. The van der Waals surface area contributed by atoms with Gasteiger partial charge in [-0.15, -0.1) is 0 Å². The van der Waals surface area contributed by atoms with E-state index in [4.69, 9.17) is 11.6 Å². The molecule has 4 heteroatoms. The summed E-state index contributed by atoms with van der Waals surface area (Å²) in [7, 11) is 0. The van der Waals surface area contributed by atoms with E-state index in [1.165, 1.54) is 25.3 Å². The molecule has 1 atom stereocenters. The molecule has 0 unspecified atom stereocenters. The molecule has 20 heavy (non-hydrogen) atoms. The molecule has 1 saturated heterocycles. The fourth-order valence-corrected chi connectivity index (χ4v) is 3.14. The van der Waals surface area contributed by atoms with E-state index < -0.39 is 0 Å². The number of unbranched alkanes of at least 4 members (excludes halogenated alkanes) is 2. The molecular weight excluding hydrogens is 275 g/mol. The lowest BCUT2D eigenvalue weighted by Crippen LogP contribution is -2.45. The molecule has 0 saturated carbocycles. The van der Waals surface area contributed by atoms with Crippen molar-refractivity contribution in [3.8, 4) is 0 Å². The summed E-state index contributed by atoms with van der Waals surface area (Å²) in [6.45, 7) is 6.26. The van der Waals surface area contributed by atoms with Gasteiger partial charge in [0.15, 0.2) is 0 Å². The summed E-state index contributed by atoms with van der Waals surface area (Å²) in [4.78, 5) is 2.46. The van der Waals surface area contributed by atoms with Gasteiger partial charge in [0.2, 0.25) is 0 Å². The molecule has 0 aromatic heterocycles. The first-order chi connectivity index (χ1) is 9.70. The summed E-state index contributed by atoms with van der Waals surface area (Å²) in [5.74, 6) is -0.233. The van der Waals surface area contributed by atoms with Crippen LogP contribution in [-0.2, 0) is 0 Å². The highest BCUT2D eigenvalue weighted by atomic mass is 35.5. The molecule has 1 aromatic rings. The van der Waals surface area contributed by atoms with Gasteiger partial charge < -0.3 is 5.32 Å². The summed E-state index contributed by atoms with van der Waals surface area (Å²) >= 11 is 6.02. The molecule has 0 amide bonds. The average molecular weight is 299 g/mol. The van der Waals surface area contributed by atoms with Crippen LogP contribution in [0.15, 0.2) is 18.2 Å². The first-order valence-electron chi connectivity index (χ1n) is 7.61. The third-order valence-electron chi connectivity index (χ3n) is 3.94. The molecule has 1 fully saturated rings. The number of hydrogen-bond acceptors (Lipinski definition) is 2. The number of benzene rings is 1. The first kappa shape index (κ1) is 15.7. The standard InChI is InChI=1S/C16H24ClFN2/c1-2-3-4-5-16(20-8-6-19-7-9-20)13-10-14(17)12-15(18)11-13/h10-12,16,19H,2-9H2,1H3/t16-/m1/s1. The van der Waals surface area contributed by atoms with Crippen LogP contribution in [0.5, 0.6) is 0 Å². The lowest BCUT2D eigenvalue weighted by atomic mass is 9.98. The molecule has 1 heterocycles. The predicted molar refractivity (Wildman–Crippen MR) is 82.7 cm³/mol. The number of nitrogens with zero attached hydrogens (tertiary/aromatic N) is 1. The zero-order valence-electron chi connectivity index (χ0n) is 12.2. The second kappa shape index (κ2) is 7.96. The van der Waals surface area contributed by atoms with Crippen molar-refractivity contribution in [1.29, 1.82) is 0 Å². The molecule has 0 spiro atoms. The van der Waals surface area contributed by atoms with Crippen LogP contribution in [0.4, 0.5) is 4.39 Å². The van der Waals surface area contributed by atoms with E-state index in [9.17, 15) is 4.39 Å². The van der Waals surface area contributed by atoms with Crippen LogP contribution in [0.1, 0.15) is 44.2 Å². The predicted octanol–water partition coefficient (Wildman–Crippen LogP) is 4.01. The van der Waals surface area contributed by atoms with E-state index in [1.807, 2.05) is 6.07 Å². The molecule has 0 radical (unpaired) electrons. The molecule has 1 aliphatic rings. The van der Waals surface area contributed by atoms with E-state index in [1.54, 1.807) is 6.07 Å². The van der Waals surface area contributed by atoms with Gasteiger partial charge in [0, 0.05) is 37.2 Å². The van der Waals surface area contributed by atoms with Gasteiger partial charge in [-0.2, -0.15) is 0 Å². The minimum atomic E-state index is -0.233. The Morgan fingerprint density at radius 1 is 1.25 bits per heavy atom. The van der Waals surface area contributed by atoms with Crippen molar-refractivity contribution in [3.05, 3.63) is 34.6 Å². The second-order valence-electron chi connectivity index (χ2n) is 5.50. The SMILES string of the molecule is CCCCC[C@H](c1cc(F)cc(Cl)c1)N1CCNCC1. The zero-order chi connectivity index (χ0) is 14.4. The van der Waals surface area contributed by atoms with Gasteiger partial charge in [-0.3, -0.25) is 4.90 Å². The monoisotopic (exact) mass is 298 g/mol. The van der Waals surface area contributed by atoms with Gasteiger partial charge in [0.05, 0.1) is 0 Å². The minimum absolute atomic E-state index is 0.233. The van der Waals surface area contributed by atoms with Crippen LogP contribution in [0.3, 0.4) is 0 Å². The fraction of sp³-hybridized carbons (Fsp3) is 0.625. The Morgan fingerprint density at radius 2 is 2.00 bits per heavy atom. The van der Waals surface area contributed by atoms with Crippen LogP contribution >= 0.6 is 11.6 Å². The maximum atomic E-state index is 13.6. The lowest BCUT2D eigenvalue weighted by Gasteiger charge is -2.35. The third kappa shape index (κ3) is 4.44. The molecule has 0 aliphatic carbocycles. The van der Waals surface area contributed by atoms with Gasteiger partial charge in [0.1, 0.15) is 5.82 Å². The first-order valence-corrected chi connectivity index (χ1v) is 7.99. The van der Waals surface area contributed by atoms with Crippen molar-refractivity contribution in [2.75, 3.05) is 26.2 Å². The average Bonchev–Trinajstić information content (AvgIpc) is 2.43. The molecule has 1 aromatic carbocycles. The Morgan fingerprint density at radius 3 is 2.65 bits per heavy atom. The van der Waals surface area contributed by atoms with Crippen molar-refractivity contribution in [2.24, 2.45) is 0 Å². The van der Waals surface area contributed by atoms with Crippen molar-refractivity contribution in [3.63, 3.8) is 0 Å². The highest BCUT2D eigenvalue weighted by Crippen LogP contribution is 2.29. The Labute approximate surface area is 126 Å². The highest BCUT2D eigenvalue weighted by molar-refractivity contribution is 6.30. The molecule has 1 N–H and O–H groups in total. The molecule has 2 nitrogen and oxygen atoms in total.